The lowest BCUT2D eigenvalue weighted by Gasteiger charge is -2.38. The summed E-state index contributed by atoms with van der Waals surface area (Å²) in [5, 5.41) is 7.68. The van der Waals surface area contributed by atoms with Gasteiger partial charge in [0, 0.05) is 48.9 Å². The molecule has 5 atom stereocenters. The fourth-order valence-electron chi connectivity index (χ4n) is 5.49. The molecule has 172 valence electrons. The van der Waals surface area contributed by atoms with Crippen LogP contribution in [0.3, 0.4) is 0 Å². The van der Waals surface area contributed by atoms with Crippen molar-refractivity contribution in [2.75, 3.05) is 19.1 Å². The van der Waals surface area contributed by atoms with E-state index >= 15 is 0 Å². The van der Waals surface area contributed by atoms with Crippen LogP contribution >= 0.6 is 12.4 Å². The Hall–Kier alpha value is -2.08. The SMILES string of the molecule is CC[C@H]1CC[C@H](NCc2cc3c(cc2OC)[C@@H]2C[C@@H]2C(=O)N3C)[C@H](c2ccccc2)N1.Cl. The zero-order chi connectivity index (χ0) is 21.5. The number of methoxy groups -OCH3 is 1. The molecule has 1 aliphatic carbocycles. The van der Waals surface area contributed by atoms with Crippen LogP contribution in [0.2, 0.25) is 0 Å². The van der Waals surface area contributed by atoms with E-state index in [9.17, 15) is 4.79 Å². The zero-order valence-electron chi connectivity index (χ0n) is 19.1. The molecule has 1 amide bonds. The highest BCUT2D eigenvalue weighted by atomic mass is 35.5. The second-order valence-electron chi connectivity index (χ2n) is 9.29. The molecule has 0 unspecified atom stereocenters. The molecule has 0 bridgehead atoms. The maximum absolute atomic E-state index is 12.5. The van der Waals surface area contributed by atoms with Crippen LogP contribution in [0, 0.1) is 5.92 Å². The van der Waals surface area contributed by atoms with Gasteiger partial charge in [0.1, 0.15) is 5.75 Å². The molecule has 3 aliphatic rings. The zero-order valence-corrected chi connectivity index (χ0v) is 20.0. The van der Waals surface area contributed by atoms with Crippen LogP contribution in [0.5, 0.6) is 5.75 Å². The largest absolute Gasteiger partial charge is 0.496 e. The lowest BCUT2D eigenvalue weighted by Crippen LogP contribution is -2.49. The van der Waals surface area contributed by atoms with Gasteiger partial charge >= 0.3 is 0 Å². The minimum Gasteiger partial charge on any atom is -0.496 e. The van der Waals surface area contributed by atoms with Crippen molar-refractivity contribution in [3.05, 3.63) is 59.2 Å². The van der Waals surface area contributed by atoms with Crippen LogP contribution in [0.15, 0.2) is 42.5 Å². The highest BCUT2D eigenvalue weighted by Crippen LogP contribution is 2.56. The number of benzene rings is 2. The van der Waals surface area contributed by atoms with E-state index in [0.29, 0.717) is 24.0 Å². The lowest BCUT2D eigenvalue weighted by atomic mass is 9.88. The Bertz CT molecular complexity index is 967. The van der Waals surface area contributed by atoms with E-state index < -0.39 is 0 Å². The first-order valence-corrected chi connectivity index (χ1v) is 11.6. The van der Waals surface area contributed by atoms with E-state index in [1.165, 1.54) is 17.5 Å². The lowest BCUT2D eigenvalue weighted by molar-refractivity contribution is -0.119. The van der Waals surface area contributed by atoms with Crippen LogP contribution in [0.25, 0.3) is 0 Å². The monoisotopic (exact) mass is 455 g/mol. The number of fused-ring (bicyclic) bond motifs is 3. The Labute approximate surface area is 197 Å². The molecule has 0 spiro atoms. The number of rotatable bonds is 6. The van der Waals surface area contributed by atoms with Crippen molar-refractivity contribution in [3.63, 3.8) is 0 Å². The van der Waals surface area contributed by atoms with Crippen molar-refractivity contribution in [2.24, 2.45) is 5.92 Å². The summed E-state index contributed by atoms with van der Waals surface area (Å²) in [7, 11) is 3.65. The van der Waals surface area contributed by atoms with Crippen molar-refractivity contribution < 1.29 is 9.53 Å². The van der Waals surface area contributed by atoms with E-state index in [1.54, 1.807) is 7.11 Å². The van der Waals surface area contributed by atoms with Crippen LogP contribution in [0.1, 0.15) is 61.3 Å². The Morgan fingerprint density at radius 1 is 1.16 bits per heavy atom. The summed E-state index contributed by atoms with van der Waals surface area (Å²) in [5.41, 5.74) is 4.76. The standard InChI is InChI=1S/C26H33N3O2.ClH/c1-4-18-10-11-22(25(28-18)16-8-6-5-7-9-16)27-15-17-12-23-20(14-24(17)31-3)19-13-21(19)26(30)29(23)2;/h5-9,12,14,18-19,21-22,25,27-28H,4,10-11,13,15H2,1-3H3;1H/t18-,19-,21-,22-,25-;/m0./s1. The Morgan fingerprint density at radius 3 is 2.66 bits per heavy atom. The average Bonchev–Trinajstić information content (AvgIpc) is 3.62. The van der Waals surface area contributed by atoms with Crippen LogP contribution in [0.4, 0.5) is 5.69 Å². The predicted octanol–water partition coefficient (Wildman–Crippen LogP) is 4.56. The number of nitrogens with one attached hydrogen (secondary N) is 2. The molecule has 2 N–H and O–H groups in total. The molecule has 2 aromatic carbocycles. The van der Waals surface area contributed by atoms with Gasteiger partial charge in [-0.15, -0.1) is 12.4 Å². The molecule has 5 rings (SSSR count). The van der Waals surface area contributed by atoms with Gasteiger partial charge in [-0.1, -0.05) is 37.3 Å². The maximum Gasteiger partial charge on any atom is 0.230 e. The number of amides is 1. The first kappa shape index (κ1) is 23.1. The van der Waals surface area contributed by atoms with Crippen LogP contribution < -0.4 is 20.3 Å². The first-order chi connectivity index (χ1) is 15.1. The van der Waals surface area contributed by atoms with Gasteiger partial charge in [-0.3, -0.25) is 4.79 Å². The highest BCUT2D eigenvalue weighted by Gasteiger charge is 2.50. The summed E-state index contributed by atoms with van der Waals surface area (Å²) in [6, 6.07) is 16.3. The number of ether oxygens (including phenoxy) is 1. The van der Waals surface area contributed by atoms with E-state index in [4.69, 9.17) is 4.74 Å². The van der Waals surface area contributed by atoms with Gasteiger partial charge in [0.05, 0.1) is 7.11 Å². The fourth-order valence-corrected chi connectivity index (χ4v) is 5.49. The van der Waals surface area contributed by atoms with Gasteiger partial charge in [-0.05, 0) is 54.9 Å². The molecule has 2 heterocycles. The fraction of sp³-hybridized carbons (Fsp3) is 0.500. The summed E-state index contributed by atoms with van der Waals surface area (Å²) in [5.74, 6) is 1.74. The van der Waals surface area contributed by atoms with E-state index in [-0.39, 0.29) is 24.2 Å². The van der Waals surface area contributed by atoms with Crippen molar-refractivity contribution >= 4 is 24.0 Å². The summed E-state index contributed by atoms with van der Waals surface area (Å²) in [4.78, 5) is 14.4. The molecule has 2 fully saturated rings. The second-order valence-corrected chi connectivity index (χ2v) is 9.29. The minimum absolute atomic E-state index is 0. The van der Waals surface area contributed by atoms with Crippen LogP contribution in [-0.2, 0) is 11.3 Å². The smallest absolute Gasteiger partial charge is 0.230 e. The third-order valence-electron chi connectivity index (χ3n) is 7.48. The van der Waals surface area contributed by atoms with Gasteiger partial charge in [0.15, 0.2) is 0 Å². The molecule has 0 aromatic heterocycles. The van der Waals surface area contributed by atoms with Gasteiger partial charge in [0.2, 0.25) is 5.91 Å². The molecule has 2 aliphatic heterocycles. The van der Waals surface area contributed by atoms with Crippen molar-refractivity contribution in [2.45, 2.75) is 63.2 Å². The van der Waals surface area contributed by atoms with E-state index in [2.05, 4.69) is 60.0 Å². The molecule has 1 saturated heterocycles. The molecule has 1 saturated carbocycles. The van der Waals surface area contributed by atoms with Gasteiger partial charge < -0.3 is 20.3 Å². The number of nitrogens with zero attached hydrogens (tertiary/aromatic N) is 1. The average molecular weight is 456 g/mol. The van der Waals surface area contributed by atoms with Crippen LogP contribution in [-0.4, -0.2) is 32.1 Å². The molecular formula is C26H34ClN3O2. The topological polar surface area (TPSA) is 53.6 Å². The molecular weight excluding hydrogens is 422 g/mol. The van der Waals surface area contributed by atoms with E-state index in [0.717, 1.165) is 42.8 Å². The van der Waals surface area contributed by atoms with Gasteiger partial charge in [-0.2, -0.15) is 0 Å². The number of halogens is 1. The number of piperidine rings is 1. The molecule has 6 heteroatoms. The second kappa shape index (κ2) is 9.42. The number of carbonyl (C=O) groups is 1. The first-order valence-electron chi connectivity index (χ1n) is 11.6. The number of carbonyl (C=O) groups excluding carboxylic acids is 1. The molecule has 0 radical (unpaired) electrons. The van der Waals surface area contributed by atoms with Gasteiger partial charge in [0.25, 0.3) is 0 Å². The molecule has 32 heavy (non-hydrogen) atoms. The Balaban J connectivity index is 0.00000245. The third-order valence-corrected chi connectivity index (χ3v) is 7.48. The maximum atomic E-state index is 12.5. The summed E-state index contributed by atoms with van der Waals surface area (Å²) in [6.45, 7) is 2.98. The quantitative estimate of drug-likeness (QED) is 0.670. The third kappa shape index (κ3) is 4.14. The van der Waals surface area contributed by atoms with Crippen molar-refractivity contribution in [1.82, 2.24) is 10.6 Å². The van der Waals surface area contributed by atoms with E-state index in [1.807, 2.05) is 11.9 Å². The molecule has 5 nitrogen and oxygen atoms in total. The van der Waals surface area contributed by atoms with Crippen molar-refractivity contribution in [1.29, 1.82) is 0 Å². The summed E-state index contributed by atoms with van der Waals surface area (Å²) in [6.07, 6.45) is 4.44. The van der Waals surface area contributed by atoms with Crippen molar-refractivity contribution in [3.8, 4) is 5.75 Å². The predicted molar refractivity (Wildman–Crippen MR) is 131 cm³/mol. The number of hydrogen-bond acceptors (Lipinski definition) is 4. The normalized spacial score (nSPS) is 28.4. The minimum atomic E-state index is 0. The summed E-state index contributed by atoms with van der Waals surface area (Å²) < 4.78 is 5.77. The van der Waals surface area contributed by atoms with Gasteiger partial charge in [-0.25, -0.2) is 0 Å². The highest BCUT2D eigenvalue weighted by molar-refractivity contribution is 6.01. The number of anilines is 1. The number of hydrogen-bond donors (Lipinski definition) is 2. The summed E-state index contributed by atoms with van der Waals surface area (Å²) >= 11 is 0. The Morgan fingerprint density at radius 2 is 1.94 bits per heavy atom. The molecule has 2 aromatic rings. The Kier molecular flexibility index (Phi) is 6.80.